The van der Waals surface area contributed by atoms with Crippen molar-refractivity contribution in [3.63, 3.8) is 0 Å². The minimum absolute atomic E-state index is 0.288. The van der Waals surface area contributed by atoms with Crippen LogP contribution >= 0.6 is 22.9 Å². The minimum Gasteiger partial charge on any atom is -0.462 e. The summed E-state index contributed by atoms with van der Waals surface area (Å²) in [6.07, 6.45) is 1.58. The first kappa shape index (κ1) is 15.6. The van der Waals surface area contributed by atoms with Gasteiger partial charge < -0.3 is 14.6 Å². The van der Waals surface area contributed by atoms with Gasteiger partial charge >= 0.3 is 0 Å². The summed E-state index contributed by atoms with van der Waals surface area (Å²) in [4.78, 5) is 18.6. The number of rotatable bonds is 4. The molecular weight excluding hydrogens is 334 g/mol. The van der Waals surface area contributed by atoms with Crippen LogP contribution in [0.4, 0.5) is 11.4 Å². The van der Waals surface area contributed by atoms with E-state index in [1.54, 1.807) is 29.8 Å². The second kappa shape index (κ2) is 6.44. The molecule has 0 saturated carbocycles. The topological polar surface area (TPSA) is 58.4 Å². The van der Waals surface area contributed by atoms with Gasteiger partial charge in [0, 0.05) is 24.5 Å². The molecule has 0 unspecified atom stereocenters. The highest BCUT2D eigenvalue weighted by Gasteiger charge is 2.15. The summed E-state index contributed by atoms with van der Waals surface area (Å²) in [7, 11) is 3.80. The highest BCUT2D eigenvalue weighted by Crippen LogP contribution is 2.29. The number of amides is 1. The largest absolute Gasteiger partial charge is 0.462 e. The standard InChI is InChI=1S/C16H14ClN3O2S/c1-20(2)13-6-5-10(17)8-11(13)18-15(21)12-9-23-16(19-12)14-4-3-7-22-14/h3-9H,1-2H3,(H,18,21). The molecule has 0 aliphatic rings. The number of thiazole rings is 1. The Labute approximate surface area is 142 Å². The molecule has 5 nitrogen and oxygen atoms in total. The predicted molar refractivity (Wildman–Crippen MR) is 93.5 cm³/mol. The second-order valence-corrected chi connectivity index (χ2v) is 6.32. The van der Waals surface area contributed by atoms with Gasteiger partial charge in [-0.15, -0.1) is 11.3 Å². The first-order valence-corrected chi connectivity index (χ1v) is 8.08. The molecule has 23 heavy (non-hydrogen) atoms. The summed E-state index contributed by atoms with van der Waals surface area (Å²) in [5.74, 6) is 0.357. The van der Waals surface area contributed by atoms with E-state index in [-0.39, 0.29) is 5.91 Å². The molecule has 118 valence electrons. The van der Waals surface area contributed by atoms with E-state index in [0.717, 1.165) is 5.69 Å². The number of nitrogens with one attached hydrogen (secondary N) is 1. The SMILES string of the molecule is CN(C)c1ccc(Cl)cc1NC(=O)c1csc(-c2ccco2)n1. The zero-order chi connectivity index (χ0) is 16.4. The van der Waals surface area contributed by atoms with Crippen LogP contribution < -0.4 is 10.2 Å². The predicted octanol–water partition coefficient (Wildman–Crippen LogP) is 4.37. The lowest BCUT2D eigenvalue weighted by molar-refractivity contribution is 0.102. The summed E-state index contributed by atoms with van der Waals surface area (Å²) in [5, 5.41) is 5.78. The van der Waals surface area contributed by atoms with Crippen molar-refractivity contribution in [1.82, 2.24) is 4.98 Å². The van der Waals surface area contributed by atoms with Gasteiger partial charge in [-0.05, 0) is 30.3 Å². The molecule has 3 rings (SSSR count). The van der Waals surface area contributed by atoms with Crippen LogP contribution in [0.15, 0.2) is 46.4 Å². The van der Waals surface area contributed by atoms with Gasteiger partial charge in [-0.1, -0.05) is 11.6 Å². The van der Waals surface area contributed by atoms with Gasteiger partial charge in [-0.25, -0.2) is 4.98 Å². The van der Waals surface area contributed by atoms with Crippen molar-refractivity contribution in [2.75, 3.05) is 24.3 Å². The van der Waals surface area contributed by atoms with E-state index < -0.39 is 0 Å². The average molecular weight is 348 g/mol. The lowest BCUT2D eigenvalue weighted by Gasteiger charge is -2.17. The molecule has 1 aromatic carbocycles. The van der Waals surface area contributed by atoms with Crippen molar-refractivity contribution in [2.24, 2.45) is 0 Å². The Bertz CT molecular complexity index is 828. The van der Waals surface area contributed by atoms with Gasteiger partial charge in [0.2, 0.25) is 0 Å². The van der Waals surface area contributed by atoms with E-state index >= 15 is 0 Å². The second-order valence-electron chi connectivity index (χ2n) is 5.03. The van der Waals surface area contributed by atoms with E-state index in [2.05, 4.69) is 10.3 Å². The molecule has 0 atom stereocenters. The van der Waals surface area contributed by atoms with Gasteiger partial charge in [0.05, 0.1) is 17.6 Å². The number of anilines is 2. The number of halogens is 1. The quantitative estimate of drug-likeness (QED) is 0.761. The third kappa shape index (κ3) is 3.38. The van der Waals surface area contributed by atoms with E-state index in [4.69, 9.17) is 16.0 Å². The van der Waals surface area contributed by atoms with Gasteiger partial charge in [0.25, 0.3) is 5.91 Å². The number of nitrogens with zero attached hydrogens (tertiary/aromatic N) is 2. The van der Waals surface area contributed by atoms with Crippen LogP contribution in [-0.4, -0.2) is 25.0 Å². The van der Waals surface area contributed by atoms with Crippen LogP contribution in [-0.2, 0) is 0 Å². The summed E-state index contributed by atoms with van der Waals surface area (Å²) >= 11 is 7.38. The van der Waals surface area contributed by atoms with Crippen molar-refractivity contribution in [2.45, 2.75) is 0 Å². The van der Waals surface area contributed by atoms with Gasteiger partial charge in [-0.2, -0.15) is 0 Å². The molecule has 0 aliphatic carbocycles. The molecular formula is C16H14ClN3O2S. The number of hydrogen-bond donors (Lipinski definition) is 1. The van der Waals surface area contributed by atoms with Crippen molar-refractivity contribution in [3.05, 3.63) is 52.7 Å². The molecule has 3 aromatic rings. The van der Waals surface area contributed by atoms with Gasteiger partial charge in [-0.3, -0.25) is 4.79 Å². The monoisotopic (exact) mass is 347 g/mol. The minimum atomic E-state index is -0.288. The molecule has 7 heteroatoms. The summed E-state index contributed by atoms with van der Waals surface area (Å²) in [5.41, 5.74) is 1.84. The number of carbonyl (C=O) groups excluding carboxylic acids is 1. The first-order valence-electron chi connectivity index (χ1n) is 6.82. The smallest absolute Gasteiger partial charge is 0.275 e. The maximum Gasteiger partial charge on any atom is 0.275 e. The number of carbonyl (C=O) groups is 1. The average Bonchev–Trinajstić information content (AvgIpc) is 3.18. The van der Waals surface area contributed by atoms with E-state index in [1.165, 1.54) is 11.3 Å². The normalized spacial score (nSPS) is 10.6. The van der Waals surface area contributed by atoms with Crippen molar-refractivity contribution >= 4 is 40.2 Å². The Morgan fingerprint density at radius 1 is 1.35 bits per heavy atom. The molecule has 2 heterocycles. The van der Waals surface area contributed by atoms with Crippen LogP contribution in [0, 0.1) is 0 Å². The molecule has 2 aromatic heterocycles. The van der Waals surface area contributed by atoms with Crippen LogP contribution in [0.5, 0.6) is 0 Å². The van der Waals surface area contributed by atoms with Gasteiger partial charge in [0.15, 0.2) is 10.8 Å². The molecule has 0 radical (unpaired) electrons. The zero-order valence-electron chi connectivity index (χ0n) is 12.5. The van der Waals surface area contributed by atoms with Crippen molar-refractivity contribution < 1.29 is 9.21 Å². The Morgan fingerprint density at radius 2 is 2.17 bits per heavy atom. The van der Waals surface area contributed by atoms with E-state index in [9.17, 15) is 4.79 Å². The van der Waals surface area contributed by atoms with Crippen LogP contribution in [0.25, 0.3) is 10.8 Å². The maximum atomic E-state index is 12.4. The third-order valence-electron chi connectivity index (χ3n) is 3.16. The van der Waals surface area contributed by atoms with Gasteiger partial charge in [0.1, 0.15) is 5.69 Å². The lowest BCUT2D eigenvalue weighted by Crippen LogP contribution is -2.17. The molecule has 0 aliphatic heterocycles. The number of hydrogen-bond acceptors (Lipinski definition) is 5. The first-order chi connectivity index (χ1) is 11.0. The lowest BCUT2D eigenvalue weighted by atomic mass is 10.2. The molecule has 0 bridgehead atoms. The fourth-order valence-corrected chi connectivity index (χ4v) is 3.01. The zero-order valence-corrected chi connectivity index (χ0v) is 14.1. The van der Waals surface area contributed by atoms with Crippen LogP contribution in [0.2, 0.25) is 5.02 Å². The molecule has 1 N–H and O–H groups in total. The summed E-state index contributed by atoms with van der Waals surface area (Å²) in [6.45, 7) is 0. The number of aromatic nitrogens is 1. The highest BCUT2D eigenvalue weighted by atomic mass is 35.5. The Morgan fingerprint density at radius 3 is 2.87 bits per heavy atom. The maximum absolute atomic E-state index is 12.4. The summed E-state index contributed by atoms with van der Waals surface area (Å²) < 4.78 is 5.29. The summed E-state index contributed by atoms with van der Waals surface area (Å²) in [6, 6.07) is 8.94. The Balaban J connectivity index is 1.84. The van der Waals surface area contributed by atoms with Crippen molar-refractivity contribution in [1.29, 1.82) is 0 Å². The Hall–Kier alpha value is -2.31. The highest BCUT2D eigenvalue weighted by molar-refractivity contribution is 7.13. The fourth-order valence-electron chi connectivity index (χ4n) is 2.08. The molecule has 0 saturated heterocycles. The number of furan rings is 1. The van der Waals surface area contributed by atoms with Crippen LogP contribution in [0.3, 0.4) is 0 Å². The van der Waals surface area contributed by atoms with E-state index in [0.29, 0.717) is 27.2 Å². The van der Waals surface area contributed by atoms with Crippen molar-refractivity contribution in [3.8, 4) is 10.8 Å². The number of benzene rings is 1. The van der Waals surface area contributed by atoms with Crippen LogP contribution in [0.1, 0.15) is 10.5 Å². The molecule has 0 fully saturated rings. The molecule has 1 amide bonds. The Kier molecular flexibility index (Phi) is 4.36. The fraction of sp³-hybridized carbons (Fsp3) is 0.125. The molecule has 0 spiro atoms. The third-order valence-corrected chi connectivity index (χ3v) is 4.25. The van der Waals surface area contributed by atoms with E-state index in [1.807, 2.05) is 31.1 Å².